The van der Waals surface area contributed by atoms with Crippen LogP contribution in [0, 0.1) is 0 Å². The van der Waals surface area contributed by atoms with Crippen molar-refractivity contribution in [3.8, 4) is 0 Å². The number of aromatic nitrogens is 2. The van der Waals surface area contributed by atoms with Gasteiger partial charge in [-0.25, -0.2) is 0 Å². The second-order valence-corrected chi connectivity index (χ2v) is 7.48. The normalized spacial score (nSPS) is 15.1. The first-order chi connectivity index (χ1) is 14.4. The van der Waals surface area contributed by atoms with Crippen LogP contribution < -0.4 is 21.5 Å². The predicted octanol–water partition coefficient (Wildman–Crippen LogP) is 3.88. The summed E-state index contributed by atoms with van der Waals surface area (Å²) in [6.07, 6.45) is -0.166. The van der Waals surface area contributed by atoms with Gasteiger partial charge in [0.1, 0.15) is 5.82 Å². The zero-order valence-electron chi connectivity index (χ0n) is 15.3. The number of rotatable bonds is 4. The van der Waals surface area contributed by atoms with Crippen LogP contribution in [0.5, 0.6) is 0 Å². The van der Waals surface area contributed by atoms with Crippen LogP contribution in [0.1, 0.15) is 17.9 Å². The number of carbonyl (C=O) groups excluding carboxylic acids is 2. The molecule has 2 aromatic carbocycles. The first-order valence-corrected chi connectivity index (χ1v) is 9.68. The second kappa shape index (κ2) is 8.17. The molecule has 4 rings (SSSR count). The monoisotopic (exact) mass is 443 g/mol. The molecule has 10 heteroatoms. The van der Waals surface area contributed by atoms with Crippen molar-refractivity contribution in [3.63, 3.8) is 0 Å². The van der Waals surface area contributed by atoms with Crippen LogP contribution in [0.4, 0.5) is 23.1 Å². The van der Waals surface area contributed by atoms with Crippen molar-refractivity contribution in [2.24, 2.45) is 0 Å². The molecule has 0 saturated heterocycles. The summed E-state index contributed by atoms with van der Waals surface area (Å²) in [4.78, 5) is 44.6. The van der Waals surface area contributed by atoms with E-state index in [1.165, 1.54) is 0 Å². The summed E-state index contributed by atoms with van der Waals surface area (Å²) in [5.74, 6) is -1.71. The van der Waals surface area contributed by atoms with Gasteiger partial charge in [0.05, 0.1) is 11.5 Å². The Morgan fingerprint density at radius 1 is 0.967 bits per heavy atom. The highest BCUT2D eigenvalue weighted by Crippen LogP contribution is 2.30. The molecule has 4 N–H and O–H groups in total. The number of halogens is 2. The summed E-state index contributed by atoms with van der Waals surface area (Å²) in [5.41, 5.74) is 0.722. The molecule has 0 unspecified atom stereocenters. The van der Waals surface area contributed by atoms with Gasteiger partial charge in [0, 0.05) is 27.8 Å². The average molecular weight is 444 g/mol. The van der Waals surface area contributed by atoms with Crippen molar-refractivity contribution < 1.29 is 9.59 Å². The minimum absolute atomic E-state index is 0.0442. The Morgan fingerprint density at radius 2 is 1.57 bits per heavy atom. The number of hydrogen-bond acceptors (Lipinski definition) is 5. The molecule has 0 saturated carbocycles. The molecule has 1 aliphatic heterocycles. The minimum atomic E-state index is -0.981. The van der Waals surface area contributed by atoms with Crippen LogP contribution in [0.15, 0.2) is 53.3 Å². The van der Waals surface area contributed by atoms with E-state index in [1.807, 2.05) is 0 Å². The van der Waals surface area contributed by atoms with Crippen molar-refractivity contribution >= 4 is 58.2 Å². The molecule has 8 nitrogen and oxygen atoms in total. The Bertz CT molecular complexity index is 1180. The fourth-order valence-electron chi connectivity index (χ4n) is 3.09. The maximum absolute atomic E-state index is 12.8. The summed E-state index contributed by atoms with van der Waals surface area (Å²) in [5, 5.41) is 9.29. The summed E-state index contributed by atoms with van der Waals surface area (Å²) in [6, 6.07) is 13.3. The summed E-state index contributed by atoms with van der Waals surface area (Å²) in [6.45, 7) is 0. The molecular weight excluding hydrogens is 429 g/mol. The standard InChI is InChI=1S/C20H15Cl2N5O3/c21-10-1-5-12(6-2-10)23-18(29)14-9-15(28)25-17-16(14)19(30)27-20(26-17)24-13-7-3-11(22)4-8-13/h1-8,14H,9H2,(H,23,29)(H3,24,25,26,27,28,30)/t14-/m1/s1. The molecule has 1 aromatic heterocycles. The summed E-state index contributed by atoms with van der Waals surface area (Å²) in [7, 11) is 0. The molecule has 0 radical (unpaired) electrons. The molecule has 1 atom stereocenters. The number of nitrogens with one attached hydrogen (secondary N) is 4. The van der Waals surface area contributed by atoms with Gasteiger partial charge in [0.25, 0.3) is 5.56 Å². The highest BCUT2D eigenvalue weighted by atomic mass is 35.5. The van der Waals surface area contributed by atoms with Gasteiger partial charge >= 0.3 is 0 Å². The van der Waals surface area contributed by atoms with Crippen LogP contribution in [0.3, 0.4) is 0 Å². The van der Waals surface area contributed by atoms with E-state index in [0.717, 1.165) is 0 Å². The molecule has 1 aliphatic rings. The molecule has 0 fully saturated rings. The molecule has 152 valence electrons. The van der Waals surface area contributed by atoms with Crippen molar-refractivity contribution in [1.82, 2.24) is 9.97 Å². The van der Waals surface area contributed by atoms with Gasteiger partial charge in [-0.15, -0.1) is 0 Å². The SMILES string of the molecule is O=C1C[C@@H](C(=O)Nc2ccc(Cl)cc2)c2c(nc(Nc3ccc(Cl)cc3)[nH]c2=O)N1. The molecule has 3 aromatic rings. The molecule has 0 aliphatic carbocycles. The molecular formula is C20H15Cl2N5O3. The molecule has 0 spiro atoms. The number of aromatic amines is 1. The van der Waals surface area contributed by atoms with Gasteiger partial charge in [-0.1, -0.05) is 23.2 Å². The quantitative estimate of drug-likeness (QED) is 0.488. The predicted molar refractivity (Wildman–Crippen MR) is 116 cm³/mol. The van der Waals surface area contributed by atoms with Gasteiger partial charge in [-0.2, -0.15) is 4.98 Å². The number of hydrogen-bond donors (Lipinski definition) is 4. The lowest BCUT2D eigenvalue weighted by atomic mass is 9.92. The third-order valence-electron chi connectivity index (χ3n) is 4.49. The van der Waals surface area contributed by atoms with Crippen molar-refractivity contribution in [1.29, 1.82) is 0 Å². The van der Waals surface area contributed by atoms with E-state index in [9.17, 15) is 14.4 Å². The van der Waals surface area contributed by atoms with Gasteiger partial charge in [-0.3, -0.25) is 19.4 Å². The molecule has 2 amide bonds. The number of H-pyrrole nitrogens is 1. The maximum Gasteiger partial charge on any atom is 0.258 e. The highest BCUT2D eigenvalue weighted by molar-refractivity contribution is 6.31. The Hall–Kier alpha value is -3.36. The fraction of sp³-hybridized carbons (Fsp3) is 0.100. The van der Waals surface area contributed by atoms with Crippen LogP contribution in [0.25, 0.3) is 0 Å². The van der Waals surface area contributed by atoms with Gasteiger partial charge in [-0.05, 0) is 48.5 Å². The van der Waals surface area contributed by atoms with E-state index >= 15 is 0 Å². The fourth-order valence-corrected chi connectivity index (χ4v) is 3.34. The number of nitrogens with zero attached hydrogens (tertiary/aromatic N) is 1. The Labute approximate surface area is 180 Å². The maximum atomic E-state index is 12.8. The minimum Gasteiger partial charge on any atom is -0.326 e. The first-order valence-electron chi connectivity index (χ1n) is 8.92. The van der Waals surface area contributed by atoms with Crippen molar-refractivity contribution in [3.05, 3.63) is 74.5 Å². The molecule has 2 heterocycles. The van der Waals surface area contributed by atoms with E-state index in [0.29, 0.717) is 21.4 Å². The molecule has 30 heavy (non-hydrogen) atoms. The van der Waals surface area contributed by atoms with E-state index < -0.39 is 23.3 Å². The first kappa shape index (κ1) is 19.9. The van der Waals surface area contributed by atoms with Gasteiger partial charge in [0.15, 0.2) is 0 Å². The number of amides is 2. The van der Waals surface area contributed by atoms with Gasteiger partial charge in [0.2, 0.25) is 17.8 Å². The Balaban J connectivity index is 1.62. The summed E-state index contributed by atoms with van der Waals surface area (Å²) < 4.78 is 0. The highest BCUT2D eigenvalue weighted by Gasteiger charge is 2.34. The van der Waals surface area contributed by atoms with E-state index in [2.05, 4.69) is 25.9 Å². The topological polar surface area (TPSA) is 116 Å². The third-order valence-corrected chi connectivity index (χ3v) is 4.99. The third kappa shape index (κ3) is 4.29. The zero-order chi connectivity index (χ0) is 21.3. The second-order valence-electron chi connectivity index (χ2n) is 6.61. The van der Waals surface area contributed by atoms with Crippen LogP contribution >= 0.6 is 23.2 Å². The van der Waals surface area contributed by atoms with Crippen LogP contribution in [0.2, 0.25) is 10.0 Å². The Kier molecular flexibility index (Phi) is 5.43. The average Bonchev–Trinajstić information content (AvgIpc) is 2.70. The Morgan fingerprint density at radius 3 is 2.20 bits per heavy atom. The smallest absolute Gasteiger partial charge is 0.258 e. The number of fused-ring (bicyclic) bond motifs is 1. The lowest BCUT2D eigenvalue weighted by Gasteiger charge is -2.23. The van der Waals surface area contributed by atoms with Crippen LogP contribution in [-0.2, 0) is 9.59 Å². The molecule has 0 bridgehead atoms. The lowest BCUT2D eigenvalue weighted by Crippen LogP contribution is -2.36. The lowest BCUT2D eigenvalue weighted by molar-refractivity contribution is -0.123. The number of benzene rings is 2. The van der Waals surface area contributed by atoms with E-state index in [4.69, 9.17) is 23.2 Å². The zero-order valence-corrected chi connectivity index (χ0v) is 16.8. The number of carbonyl (C=O) groups is 2. The number of anilines is 4. The van der Waals surface area contributed by atoms with Crippen molar-refractivity contribution in [2.75, 3.05) is 16.0 Å². The van der Waals surface area contributed by atoms with Crippen LogP contribution in [-0.4, -0.2) is 21.8 Å². The summed E-state index contributed by atoms with van der Waals surface area (Å²) >= 11 is 11.7. The largest absolute Gasteiger partial charge is 0.326 e. The van der Waals surface area contributed by atoms with E-state index in [-0.39, 0.29) is 23.8 Å². The van der Waals surface area contributed by atoms with Crippen molar-refractivity contribution in [2.45, 2.75) is 12.3 Å². The van der Waals surface area contributed by atoms with E-state index in [1.54, 1.807) is 48.5 Å². The van der Waals surface area contributed by atoms with Gasteiger partial charge < -0.3 is 16.0 Å².